The Morgan fingerprint density at radius 1 is 1.38 bits per heavy atom. The van der Waals surface area contributed by atoms with Crippen LogP contribution in [-0.4, -0.2) is 42.2 Å². The summed E-state index contributed by atoms with van der Waals surface area (Å²) in [5, 5.41) is 0. The van der Waals surface area contributed by atoms with Gasteiger partial charge in [-0.2, -0.15) is 23.6 Å². The molecule has 0 bridgehead atoms. The fraction of sp³-hybridized carbons (Fsp3) is 0.462. The molecule has 1 aromatic rings. The smallest absolute Gasteiger partial charge is 0.370 e. The van der Waals surface area contributed by atoms with Crippen molar-refractivity contribution in [2.24, 2.45) is 16.5 Å². The SMILES string of the molecule is NC(=Nc1ccc(N2CCC(N)CC2)cn1)NOC(=O)C(F)(F)F. The Morgan fingerprint density at radius 3 is 2.58 bits per heavy atom. The largest absolute Gasteiger partial charge is 0.493 e. The molecular formula is C13H17F3N6O2. The van der Waals surface area contributed by atoms with E-state index in [1.807, 2.05) is 0 Å². The van der Waals surface area contributed by atoms with E-state index in [0.717, 1.165) is 31.6 Å². The van der Waals surface area contributed by atoms with Gasteiger partial charge in [0.1, 0.15) is 0 Å². The van der Waals surface area contributed by atoms with E-state index < -0.39 is 18.1 Å². The van der Waals surface area contributed by atoms with Gasteiger partial charge in [0.15, 0.2) is 5.82 Å². The van der Waals surface area contributed by atoms with E-state index in [9.17, 15) is 18.0 Å². The summed E-state index contributed by atoms with van der Waals surface area (Å²) in [6, 6.07) is 3.52. The number of aliphatic imine (C=N–C) groups is 1. The lowest BCUT2D eigenvalue weighted by atomic mass is 10.1. The quantitative estimate of drug-likeness (QED) is 0.407. The lowest BCUT2D eigenvalue weighted by molar-refractivity contribution is -0.203. The molecule has 1 fully saturated rings. The van der Waals surface area contributed by atoms with Crippen LogP contribution in [0.5, 0.6) is 0 Å². The molecule has 0 unspecified atom stereocenters. The van der Waals surface area contributed by atoms with Crippen LogP contribution in [0.15, 0.2) is 23.3 Å². The molecule has 8 nitrogen and oxygen atoms in total. The number of piperidine rings is 1. The lowest BCUT2D eigenvalue weighted by Gasteiger charge is -2.31. The molecule has 132 valence electrons. The maximum absolute atomic E-state index is 12.0. The number of nitrogens with one attached hydrogen (secondary N) is 1. The van der Waals surface area contributed by atoms with Crippen LogP contribution in [-0.2, 0) is 9.63 Å². The highest BCUT2D eigenvalue weighted by molar-refractivity contribution is 5.82. The number of aromatic nitrogens is 1. The molecule has 1 saturated heterocycles. The molecule has 2 heterocycles. The zero-order chi connectivity index (χ0) is 17.7. The number of anilines is 1. The monoisotopic (exact) mass is 346 g/mol. The number of hydrogen-bond acceptors (Lipinski definition) is 6. The van der Waals surface area contributed by atoms with Crippen LogP contribution in [0, 0.1) is 0 Å². The molecule has 0 atom stereocenters. The number of rotatable bonds is 2. The molecule has 1 aromatic heterocycles. The first kappa shape index (κ1) is 17.8. The molecule has 0 amide bonds. The van der Waals surface area contributed by atoms with Gasteiger partial charge in [-0.3, -0.25) is 0 Å². The molecule has 1 aliphatic rings. The normalized spacial score (nSPS) is 16.8. The van der Waals surface area contributed by atoms with Gasteiger partial charge in [0.2, 0.25) is 5.96 Å². The van der Waals surface area contributed by atoms with Gasteiger partial charge >= 0.3 is 12.1 Å². The zero-order valence-electron chi connectivity index (χ0n) is 12.6. The van der Waals surface area contributed by atoms with E-state index in [-0.39, 0.29) is 11.9 Å². The Bertz CT molecular complexity index is 597. The average Bonchev–Trinajstić information content (AvgIpc) is 2.53. The Labute approximate surface area is 135 Å². The number of halogens is 3. The third kappa shape index (κ3) is 4.98. The van der Waals surface area contributed by atoms with E-state index in [1.165, 1.54) is 0 Å². The number of carbonyl (C=O) groups is 1. The Balaban J connectivity index is 1.91. The fourth-order valence-corrected chi connectivity index (χ4v) is 2.09. The van der Waals surface area contributed by atoms with Crippen molar-refractivity contribution in [2.45, 2.75) is 25.1 Å². The van der Waals surface area contributed by atoms with Gasteiger partial charge in [-0.15, -0.1) is 0 Å². The second-order valence-electron chi connectivity index (χ2n) is 5.19. The van der Waals surface area contributed by atoms with E-state index >= 15 is 0 Å². The molecule has 24 heavy (non-hydrogen) atoms. The number of nitrogens with two attached hydrogens (primary N) is 2. The number of pyridine rings is 1. The van der Waals surface area contributed by atoms with Crippen molar-refractivity contribution in [1.82, 2.24) is 10.5 Å². The van der Waals surface area contributed by atoms with Gasteiger partial charge in [-0.25, -0.2) is 9.78 Å². The molecule has 0 saturated carbocycles. The van der Waals surface area contributed by atoms with Crippen molar-refractivity contribution in [3.8, 4) is 0 Å². The van der Waals surface area contributed by atoms with E-state index in [0.29, 0.717) is 0 Å². The van der Waals surface area contributed by atoms with E-state index in [2.05, 4.69) is 19.7 Å². The van der Waals surface area contributed by atoms with Gasteiger partial charge in [-0.1, -0.05) is 0 Å². The van der Waals surface area contributed by atoms with Crippen molar-refractivity contribution in [3.05, 3.63) is 18.3 Å². The number of nitrogens with zero attached hydrogens (tertiary/aromatic N) is 3. The first-order chi connectivity index (χ1) is 11.3. The summed E-state index contributed by atoms with van der Waals surface area (Å²) >= 11 is 0. The number of alkyl halides is 3. The van der Waals surface area contributed by atoms with Crippen molar-refractivity contribution in [1.29, 1.82) is 0 Å². The first-order valence-corrected chi connectivity index (χ1v) is 7.10. The molecule has 11 heteroatoms. The maximum atomic E-state index is 12.0. The molecule has 0 aliphatic carbocycles. The lowest BCUT2D eigenvalue weighted by Crippen LogP contribution is -2.39. The second kappa shape index (κ2) is 7.34. The van der Waals surface area contributed by atoms with Crippen molar-refractivity contribution in [3.63, 3.8) is 0 Å². The second-order valence-corrected chi connectivity index (χ2v) is 5.19. The third-order valence-corrected chi connectivity index (χ3v) is 3.35. The summed E-state index contributed by atoms with van der Waals surface area (Å²) in [7, 11) is 0. The number of hydroxylamine groups is 1. The third-order valence-electron chi connectivity index (χ3n) is 3.35. The Hall–Kier alpha value is -2.56. The Kier molecular flexibility index (Phi) is 5.44. The summed E-state index contributed by atoms with van der Waals surface area (Å²) in [4.78, 5) is 24.1. The maximum Gasteiger partial charge on any atom is 0.493 e. The summed E-state index contributed by atoms with van der Waals surface area (Å²) in [6.45, 7) is 1.64. The molecule has 0 spiro atoms. The first-order valence-electron chi connectivity index (χ1n) is 7.10. The zero-order valence-corrected chi connectivity index (χ0v) is 12.6. The fourth-order valence-electron chi connectivity index (χ4n) is 2.09. The van der Waals surface area contributed by atoms with Crippen molar-refractivity contribution < 1.29 is 22.8 Å². The summed E-state index contributed by atoms with van der Waals surface area (Å²) in [5.41, 5.74) is 13.7. The minimum absolute atomic E-state index is 0.153. The minimum Gasteiger partial charge on any atom is -0.370 e. The molecule has 0 radical (unpaired) electrons. The molecule has 2 rings (SSSR count). The number of carbonyl (C=O) groups excluding carboxylic acids is 1. The minimum atomic E-state index is -5.12. The van der Waals surface area contributed by atoms with Gasteiger partial charge in [0, 0.05) is 19.1 Å². The van der Waals surface area contributed by atoms with Gasteiger partial charge in [0.25, 0.3) is 0 Å². The average molecular weight is 346 g/mol. The van der Waals surface area contributed by atoms with E-state index in [4.69, 9.17) is 11.5 Å². The number of hydrogen-bond donors (Lipinski definition) is 3. The van der Waals surface area contributed by atoms with Gasteiger partial charge in [-0.05, 0) is 25.0 Å². The van der Waals surface area contributed by atoms with Crippen LogP contribution >= 0.6 is 0 Å². The topological polar surface area (TPSA) is 119 Å². The Morgan fingerprint density at radius 2 is 2.04 bits per heavy atom. The van der Waals surface area contributed by atoms with Crippen LogP contribution in [0.1, 0.15) is 12.8 Å². The predicted octanol–water partition coefficient (Wildman–Crippen LogP) is 0.565. The summed E-state index contributed by atoms with van der Waals surface area (Å²) in [5.74, 6) is -2.80. The molecule has 5 N–H and O–H groups in total. The van der Waals surface area contributed by atoms with Crippen LogP contribution in [0.3, 0.4) is 0 Å². The highest BCUT2D eigenvalue weighted by Gasteiger charge is 2.41. The van der Waals surface area contributed by atoms with Crippen molar-refractivity contribution >= 4 is 23.4 Å². The summed E-state index contributed by atoms with van der Waals surface area (Å²) in [6.07, 6.45) is -1.77. The summed E-state index contributed by atoms with van der Waals surface area (Å²) < 4.78 is 35.9. The van der Waals surface area contributed by atoms with Gasteiger partial charge in [0.05, 0.1) is 11.9 Å². The van der Waals surface area contributed by atoms with Crippen LogP contribution in [0.25, 0.3) is 0 Å². The standard InChI is InChI=1S/C13H17F3N6O2/c14-13(15,16)11(23)24-21-12(18)20-10-2-1-9(7-19-10)22-5-3-8(17)4-6-22/h1-2,7-8H,3-6,17H2,(H3,18,19,20,21). The molecule has 0 aromatic carbocycles. The predicted molar refractivity (Wildman–Crippen MR) is 80.2 cm³/mol. The van der Waals surface area contributed by atoms with Crippen LogP contribution in [0.2, 0.25) is 0 Å². The molecular weight excluding hydrogens is 329 g/mol. The number of guanidine groups is 1. The van der Waals surface area contributed by atoms with Gasteiger partial charge < -0.3 is 21.2 Å². The van der Waals surface area contributed by atoms with Crippen LogP contribution in [0.4, 0.5) is 24.7 Å². The van der Waals surface area contributed by atoms with Crippen molar-refractivity contribution in [2.75, 3.05) is 18.0 Å². The van der Waals surface area contributed by atoms with E-state index in [1.54, 1.807) is 23.8 Å². The van der Waals surface area contributed by atoms with Crippen LogP contribution < -0.4 is 21.8 Å². The molecule has 1 aliphatic heterocycles. The highest BCUT2D eigenvalue weighted by Crippen LogP contribution is 2.20. The highest BCUT2D eigenvalue weighted by atomic mass is 19.4.